The van der Waals surface area contributed by atoms with Gasteiger partial charge in [-0.25, -0.2) is 13.1 Å². The van der Waals surface area contributed by atoms with Crippen molar-refractivity contribution in [3.63, 3.8) is 0 Å². The third-order valence-corrected chi connectivity index (χ3v) is 7.08. The lowest BCUT2D eigenvalue weighted by atomic mass is 10.0. The van der Waals surface area contributed by atoms with Crippen molar-refractivity contribution in [1.29, 1.82) is 0 Å². The van der Waals surface area contributed by atoms with Gasteiger partial charge < -0.3 is 4.74 Å². The normalized spacial score (nSPS) is 12.7. The van der Waals surface area contributed by atoms with Crippen LogP contribution in [0.5, 0.6) is 6.01 Å². The molecule has 172 valence electrons. The van der Waals surface area contributed by atoms with Gasteiger partial charge in [-0.15, -0.1) is 5.10 Å². The van der Waals surface area contributed by atoms with E-state index in [1.807, 2.05) is 45.0 Å². The Hall–Kier alpha value is -2.13. The molecule has 0 saturated heterocycles. The van der Waals surface area contributed by atoms with E-state index in [9.17, 15) is 8.42 Å². The monoisotopic (exact) mass is 496 g/mol. The maximum atomic E-state index is 13.2. The standard InChI is InChI=1S/C22H26Cl2N4O3S/c1-4-12-31-22-26-25-21(28(22)5-2)20(13-16-8-6-15(3)7-9-16)27-32(29,30)17-10-11-18(23)19(24)14-17/h6-11,14,20,27H,4-5,12-13H2,1-3H3/t20-/m1/s1. The molecule has 10 heteroatoms. The van der Waals surface area contributed by atoms with Gasteiger partial charge in [-0.3, -0.25) is 4.57 Å². The Labute approximate surface area is 198 Å². The smallest absolute Gasteiger partial charge is 0.316 e. The van der Waals surface area contributed by atoms with E-state index in [2.05, 4.69) is 14.9 Å². The molecule has 3 aromatic rings. The number of aryl methyl sites for hydroxylation is 1. The highest BCUT2D eigenvalue weighted by atomic mass is 35.5. The minimum absolute atomic E-state index is 0.0193. The number of nitrogens with zero attached hydrogens (tertiary/aromatic N) is 3. The lowest BCUT2D eigenvalue weighted by Gasteiger charge is -2.20. The quantitative estimate of drug-likeness (QED) is 0.428. The minimum atomic E-state index is -3.92. The van der Waals surface area contributed by atoms with Crippen LogP contribution in [0.15, 0.2) is 47.4 Å². The summed E-state index contributed by atoms with van der Waals surface area (Å²) in [5, 5.41) is 8.87. The molecule has 0 amide bonds. The van der Waals surface area contributed by atoms with E-state index in [0.717, 1.165) is 17.5 Å². The topological polar surface area (TPSA) is 86.1 Å². The van der Waals surface area contributed by atoms with Gasteiger partial charge in [-0.2, -0.15) is 0 Å². The molecule has 0 aliphatic rings. The van der Waals surface area contributed by atoms with Crippen molar-refractivity contribution in [1.82, 2.24) is 19.5 Å². The molecule has 0 fully saturated rings. The zero-order chi connectivity index (χ0) is 23.3. The van der Waals surface area contributed by atoms with Crippen LogP contribution in [0.25, 0.3) is 0 Å². The summed E-state index contributed by atoms with van der Waals surface area (Å²) in [5.41, 5.74) is 2.08. The molecule has 1 N–H and O–H groups in total. The van der Waals surface area contributed by atoms with Crippen LogP contribution < -0.4 is 9.46 Å². The summed E-state index contributed by atoms with van der Waals surface area (Å²) in [6.07, 6.45) is 1.20. The number of halogens is 2. The highest BCUT2D eigenvalue weighted by Gasteiger charge is 2.28. The molecule has 0 aliphatic heterocycles. The summed E-state index contributed by atoms with van der Waals surface area (Å²) >= 11 is 12.0. The van der Waals surface area contributed by atoms with Crippen molar-refractivity contribution >= 4 is 33.2 Å². The summed E-state index contributed by atoms with van der Waals surface area (Å²) in [6.45, 7) is 6.95. The van der Waals surface area contributed by atoms with E-state index in [-0.39, 0.29) is 14.9 Å². The Balaban J connectivity index is 2.00. The summed E-state index contributed by atoms with van der Waals surface area (Å²) in [6, 6.07) is 11.8. The molecule has 32 heavy (non-hydrogen) atoms. The van der Waals surface area contributed by atoms with Crippen molar-refractivity contribution in [3.05, 3.63) is 69.5 Å². The molecule has 3 rings (SSSR count). The SMILES string of the molecule is CCCOc1nnc([C@@H](Cc2ccc(C)cc2)NS(=O)(=O)c2ccc(Cl)c(Cl)c2)n1CC. The van der Waals surface area contributed by atoms with Crippen molar-refractivity contribution in [2.45, 2.75) is 51.1 Å². The van der Waals surface area contributed by atoms with E-state index in [4.69, 9.17) is 27.9 Å². The number of sulfonamides is 1. The van der Waals surface area contributed by atoms with Gasteiger partial charge in [-0.1, -0.05) is 65.1 Å². The lowest BCUT2D eigenvalue weighted by molar-refractivity contribution is 0.276. The Bertz CT molecular complexity index is 1160. The van der Waals surface area contributed by atoms with E-state index in [1.165, 1.54) is 18.2 Å². The van der Waals surface area contributed by atoms with Gasteiger partial charge in [0, 0.05) is 6.54 Å². The zero-order valence-corrected chi connectivity index (χ0v) is 20.5. The predicted molar refractivity (Wildman–Crippen MR) is 126 cm³/mol. The first-order chi connectivity index (χ1) is 15.2. The van der Waals surface area contributed by atoms with Gasteiger partial charge in [0.25, 0.3) is 0 Å². The number of hydrogen-bond acceptors (Lipinski definition) is 5. The van der Waals surface area contributed by atoms with E-state index in [0.29, 0.717) is 31.4 Å². The fourth-order valence-electron chi connectivity index (χ4n) is 3.20. The third-order valence-electron chi connectivity index (χ3n) is 4.87. The van der Waals surface area contributed by atoms with Gasteiger partial charge >= 0.3 is 6.01 Å². The second-order valence-corrected chi connectivity index (χ2v) is 9.90. The molecule has 1 aromatic heterocycles. The van der Waals surface area contributed by atoms with Crippen LogP contribution in [0.1, 0.15) is 43.3 Å². The Kier molecular flexibility index (Phi) is 8.16. The van der Waals surface area contributed by atoms with Crippen molar-refractivity contribution in [2.24, 2.45) is 0 Å². The molecule has 2 aromatic carbocycles. The van der Waals surface area contributed by atoms with Crippen LogP contribution >= 0.6 is 23.2 Å². The van der Waals surface area contributed by atoms with E-state index < -0.39 is 16.1 Å². The summed E-state index contributed by atoms with van der Waals surface area (Å²) < 4.78 is 36.7. The van der Waals surface area contributed by atoms with Crippen LogP contribution in [-0.4, -0.2) is 29.8 Å². The Morgan fingerprint density at radius 1 is 1.06 bits per heavy atom. The Morgan fingerprint density at radius 3 is 2.41 bits per heavy atom. The van der Waals surface area contributed by atoms with Crippen molar-refractivity contribution < 1.29 is 13.2 Å². The predicted octanol–water partition coefficient (Wildman–Crippen LogP) is 4.96. The number of ether oxygens (including phenoxy) is 1. The molecular weight excluding hydrogens is 471 g/mol. The molecule has 0 aliphatic carbocycles. The number of hydrogen-bond donors (Lipinski definition) is 1. The van der Waals surface area contributed by atoms with Gasteiger partial charge in [0.05, 0.1) is 27.6 Å². The fraction of sp³-hybridized carbons (Fsp3) is 0.364. The van der Waals surface area contributed by atoms with Gasteiger partial charge in [-0.05, 0) is 50.5 Å². The highest BCUT2D eigenvalue weighted by molar-refractivity contribution is 7.89. The van der Waals surface area contributed by atoms with Crippen molar-refractivity contribution in [3.8, 4) is 6.01 Å². The summed E-state index contributed by atoms with van der Waals surface area (Å²) in [7, 11) is -3.92. The van der Waals surface area contributed by atoms with Gasteiger partial charge in [0.15, 0.2) is 5.82 Å². The number of benzene rings is 2. The number of aromatic nitrogens is 3. The van der Waals surface area contributed by atoms with Crippen LogP contribution in [0, 0.1) is 6.92 Å². The van der Waals surface area contributed by atoms with E-state index >= 15 is 0 Å². The van der Waals surface area contributed by atoms with Gasteiger partial charge in [0.1, 0.15) is 0 Å². The molecule has 1 atom stereocenters. The third kappa shape index (κ3) is 5.81. The minimum Gasteiger partial charge on any atom is -0.464 e. The van der Waals surface area contributed by atoms with Crippen LogP contribution in [0.2, 0.25) is 10.0 Å². The molecule has 0 bridgehead atoms. The van der Waals surface area contributed by atoms with Crippen LogP contribution in [0.3, 0.4) is 0 Å². The second-order valence-electron chi connectivity index (χ2n) is 7.37. The molecule has 0 unspecified atom stereocenters. The number of nitrogens with one attached hydrogen (secondary N) is 1. The second kappa shape index (κ2) is 10.7. The molecule has 0 spiro atoms. The molecule has 0 saturated carbocycles. The highest BCUT2D eigenvalue weighted by Crippen LogP contribution is 2.27. The fourth-order valence-corrected chi connectivity index (χ4v) is 4.78. The molecule has 1 heterocycles. The van der Waals surface area contributed by atoms with E-state index in [1.54, 1.807) is 4.57 Å². The summed E-state index contributed by atoms with van der Waals surface area (Å²) in [5.74, 6) is 0.475. The maximum absolute atomic E-state index is 13.2. The van der Waals surface area contributed by atoms with Crippen LogP contribution in [0.4, 0.5) is 0 Å². The molecule has 7 nitrogen and oxygen atoms in total. The first kappa shape index (κ1) is 24.5. The molecular formula is C22H26Cl2N4O3S. The lowest BCUT2D eigenvalue weighted by Crippen LogP contribution is -2.32. The number of rotatable bonds is 10. The zero-order valence-electron chi connectivity index (χ0n) is 18.2. The first-order valence-electron chi connectivity index (χ1n) is 10.3. The average Bonchev–Trinajstić information content (AvgIpc) is 3.17. The first-order valence-corrected chi connectivity index (χ1v) is 12.6. The average molecular weight is 497 g/mol. The largest absolute Gasteiger partial charge is 0.464 e. The van der Waals surface area contributed by atoms with Crippen molar-refractivity contribution in [2.75, 3.05) is 6.61 Å². The maximum Gasteiger partial charge on any atom is 0.316 e. The van der Waals surface area contributed by atoms with Gasteiger partial charge in [0.2, 0.25) is 10.0 Å². The molecule has 0 radical (unpaired) electrons. The Morgan fingerprint density at radius 2 is 1.78 bits per heavy atom. The van der Waals surface area contributed by atoms with Crippen LogP contribution in [-0.2, 0) is 23.0 Å². The summed E-state index contributed by atoms with van der Waals surface area (Å²) in [4.78, 5) is 0.0193.